The Labute approximate surface area is 311 Å². The molecular weight excluding hydrogens is 622 g/mol. The van der Waals surface area contributed by atoms with Gasteiger partial charge in [0.1, 0.15) is 0 Å². The van der Waals surface area contributed by atoms with Crippen LogP contribution < -0.4 is 0 Å². The number of unbranched alkanes of at least 4 members (excludes halogenated alkanes) is 19. The monoisotopic (exact) mass is 708 g/mol. The van der Waals surface area contributed by atoms with E-state index >= 15 is 0 Å². The van der Waals surface area contributed by atoms with E-state index in [1.165, 1.54) is 115 Å². The van der Waals surface area contributed by atoms with Gasteiger partial charge in [0.2, 0.25) is 0 Å². The number of carbonyl (C=O) groups is 2. The maximum Gasteiger partial charge on any atom is 0.330 e. The molecule has 0 aliphatic rings. The van der Waals surface area contributed by atoms with E-state index < -0.39 is 0 Å². The molecule has 6 nitrogen and oxygen atoms in total. The molecule has 0 radical (unpaired) electrons. The summed E-state index contributed by atoms with van der Waals surface area (Å²) in [5, 5.41) is 9.88. The highest BCUT2D eigenvalue weighted by atomic mass is 16.5. The zero-order valence-electron chi connectivity index (χ0n) is 33.9. The van der Waals surface area contributed by atoms with Gasteiger partial charge in [-0.05, 0) is 70.8 Å². The first-order chi connectivity index (χ1) is 24.5. The number of hydrogen-bond acceptors (Lipinski definition) is 6. The van der Waals surface area contributed by atoms with Crippen molar-refractivity contribution in [1.29, 1.82) is 0 Å². The molecule has 0 amide bonds. The maximum atomic E-state index is 12.7. The van der Waals surface area contributed by atoms with Gasteiger partial charge in [0.25, 0.3) is 0 Å². The average Bonchev–Trinajstić information content (AvgIpc) is 3.11. The summed E-state index contributed by atoms with van der Waals surface area (Å²) in [6.45, 7) is 11.8. The topological polar surface area (TPSA) is 76.1 Å². The molecule has 50 heavy (non-hydrogen) atoms. The van der Waals surface area contributed by atoms with Gasteiger partial charge in [-0.1, -0.05) is 155 Å². The largest absolute Gasteiger partial charge is 0.466 e. The number of carbonyl (C=O) groups excluding carboxylic acids is 2. The molecule has 1 N–H and O–H groups in total. The minimum absolute atomic E-state index is 0.0699. The summed E-state index contributed by atoms with van der Waals surface area (Å²) in [6, 6.07) is 0.395. The van der Waals surface area contributed by atoms with Crippen LogP contribution in [0.3, 0.4) is 0 Å². The summed E-state index contributed by atoms with van der Waals surface area (Å²) in [7, 11) is 0. The second-order valence-electron chi connectivity index (χ2n) is 14.9. The minimum Gasteiger partial charge on any atom is -0.466 e. The lowest BCUT2D eigenvalue weighted by atomic mass is 9.99. The SMILES string of the molecule is CCCCCCCCC(=CC(=O)OCCCCCCN(CCO)C(CCCCCCC)CCCC(=O)OCCCCC)CCCCCCCC. The molecule has 0 saturated heterocycles. The standard InChI is InChI=1S/C44H85NO5/c1-5-9-13-16-19-23-30-41(31-24-20-17-14-10-6-2)40-44(48)50-39-28-22-21-26-35-45(36-37-46)42(32-25-18-15-11-7-3)33-29-34-43(47)49-38-27-12-8-4/h40,42,46H,5-39H2,1-4H3. The highest BCUT2D eigenvalue weighted by Crippen LogP contribution is 2.20. The smallest absolute Gasteiger partial charge is 0.330 e. The summed E-state index contributed by atoms with van der Waals surface area (Å²) in [5.74, 6) is -0.225. The van der Waals surface area contributed by atoms with Gasteiger partial charge in [0, 0.05) is 25.1 Å². The Bertz CT molecular complexity index is 752. The third kappa shape index (κ3) is 32.5. The van der Waals surface area contributed by atoms with Crippen molar-refractivity contribution >= 4 is 11.9 Å². The predicted octanol–water partition coefficient (Wildman–Crippen LogP) is 12.4. The van der Waals surface area contributed by atoms with E-state index in [0.717, 1.165) is 83.6 Å². The maximum absolute atomic E-state index is 12.7. The van der Waals surface area contributed by atoms with Gasteiger partial charge in [-0.3, -0.25) is 9.69 Å². The van der Waals surface area contributed by atoms with Gasteiger partial charge >= 0.3 is 11.9 Å². The van der Waals surface area contributed by atoms with Crippen molar-refractivity contribution in [3.63, 3.8) is 0 Å². The molecule has 0 fully saturated rings. The van der Waals surface area contributed by atoms with E-state index in [-0.39, 0.29) is 18.5 Å². The average molecular weight is 708 g/mol. The molecule has 1 unspecified atom stereocenters. The molecule has 0 rings (SSSR count). The fourth-order valence-electron chi connectivity index (χ4n) is 6.88. The van der Waals surface area contributed by atoms with Crippen molar-refractivity contribution in [2.24, 2.45) is 0 Å². The van der Waals surface area contributed by atoms with Crippen LogP contribution in [0.5, 0.6) is 0 Å². The summed E-state index contributed by atoms with van der Waals surface area (Å²) in [6.07, 6.45) is 36.2. The Balaban J connectivity index is 4.69. The van der Waals surface area contributed by atoms with Crippen LogP contribution in [-0.4, -0.2) is 60.9 Å². The van der Waals surface area contributed by atoms with E-state index in [9.17, 15) is 14.7 Å². The number of rotatable bonds is 39. The van der Waals surface area contributed by atoms with Crippen molar-refractivity contribution in [3.05, 3.63) is 11.6 Å². The lowest BCUT2D eigenvalue weighted by Gasteiger charge is -2.31. The van der Waals surface area contributed by atoms with Crippen LogP contribution in [0.2, 0.25) is 0 Å². The van der Waals surface area contributed by atoms with Crippen molar-refractivity contribution in [2.45, 2.75) is 226 Å². The highest BCUT2D eigenvalue weighted by Gasteiger charge is 2.18. The fourth-order valence-corrected chi connectivity index (χ4v) is 6.88. The number of hydrogen-bond donors (Lipinski definition) is 1. The van der Waals surface area contributed by atoms with Crippen molar-refractivity contribution < 1.29 is 24.2 Å². The fraction of sp³-hybridized carbons (Fsp3) is 0.909. The van der Waals surface area contributed by atoms with Gasteiger partial charge in [0.05, 0.1) is 19.8 Å². The number of nitrogens with zero attached hydrogens (tertiary/aromatic N) is 1. The van der Waals surface area contributed by atoms with Gasteiger partial charge in [-0.25, -0.2) is 4.79 Å². The number of ether oxygens (including phenoxy) is 2. The molecule has 0 aromatic rings. The van der Waals surface area contributed by atoms with Gasteiger partial charge < -0.3 is 14.6 Å². The Morgan fingerprint density at radius 2 is 0.980 bits per heavy atom. The van der Waals surface area contributed by atoms with Crippen LogP contribution in [0.4, 0.5) is 0 Å². The number of aliphatic hydroxyl groups is 1. The molecule has 0 aromatic heterocycles. The second-order valence-corrected chi connectivity index (χ2v) is 14.9. The van der Waals surface area contributed by atoms with Crippen LogP contribution in [0.1, 0.15) is 220 Å². The summed E-state index contributed by atoms with van der Waals surface area (Å²) in [5.41, 5.74) is 1.29. The molecule has 0 aliphatic carbocycles. The summed E-state index contributed by atoms with van der Waals surface area (Å²) in [4.78, 5) is 27.4. The molecule has 0 heterocycles. The molecule has 296 valence electrons. The molecule has 1 atom stereocenters. The van der Waals surface area contributed by atoms with E-state index in [1.807, 2.05) is 6.08 Å². The van der Waals surface area contributed by atoms with Crippen molar-refractivity contribution in [3.8, 4) is 0 Å². The lowest BCUT2D eigenvalue weighted by Crippen LogP contribution is -2.38. The molecule has 0 spiro atoms. The number of allylic oxidation sites excluding steroid dienone is 1. The Hall–Kier alpha value is -1.40. The lowest BCUT2D eigenvalue weighted by molar-refractivity contribution is -0.144. The Morgan fingerprint density at radius 1 is 0.520 bits per heavy atom. The predicted molar refractivity (Wildman–Crippen MR) is 214 cm³/mol. The quantitative estimate of drug-likeness (QED) is 0.0389. The van der Waals surface area contributed by atoms with Gasteiger partial charge in [0.15, 0.2) is 0 Å². The zero-order chi connectivity index (χ0) is 36.8. The summed E-state index contributed by atoms with van der Waals surface area (Å²) < 4.78 is 11.1. The normalized spacial score (nSPS) is 12.0. The Morgan fingerprint density at radius 3 is 1.58 bits per heavy atom. The van der Waals surface area contributed by atoms with E-state index in [0.29, 0.717) is 32.2 Å². The Kier molecular flexibility index (Phi) is 37.7. The molecule has 0 saturated carbocycles. The third-order valence-corrected chi connectivity index (χ3v) is 10.1. The van der Waals surface area contributed by atoms with Crippen LogP contribution in [0.25, 0.3) is 0 Å². The van der Waals surface area contributed by atoms with Crippen LogP contribution in [-0.2, 0) is 19.1 Å². The second kappa shape index (κ2) is 38.8. The van der Waals surface area contributed by atoms with Crippen molar-refractivity contribution in [1.82, 2.24) is 4.90 Å². The minimum atomic E-state index is -0.155. The molecule has 6 heteroatoms. The highest BCUT2D eigenvalue weighted by molar-refractivity contribution is 5.82. The van der Waals surface area contributed by atoms with Gasteiger partial charge in [-0.2, -0.15) is 0 Å². The molecule has 0 aromatic carbocycles. The first-order valence-electron chi connectivity index (χ1n) is 21.9. The summed E-state index contributed by atoms with van der Waals surface area (Å²) >= 11 is 0. The molecule has 0 aliphatic heterocycles. The number of esters is 2. The van der Waals surface area contributed by atoms with E-state index in [1.54, 1.807) is 0 Å². The molecular formula is C44H85NO5. The van der Waals surface area contributed by atoms with Crippen LogP contribution in [0.15, 0.2) is 11.6 Å². The van der Waals surface area contributed by atoms with Crippen LogP contribution in [0, 0.1) is 0 Å². The zero-order valence-corrected chi connectivity index (χ0v) is 33.9. The van der Waals surface area contributed by atoms with E-state index in [4.69, 9.17) is 9.47 Å². The van der Waals surface area contributed by atoms with Crippen molar-refractivity contribution in [2.75, 3.05) is 32.9 Å². The number of aliphatic hydroxyl groups excluding tert-OH is 1. The first kappa shape index (κ1) is 48.6. The van der Waals surface area contributed by atoms with E-state index in [2.05, 4.69) is 32.6 Å². The molecule has 0 bridgehead atoms. The van der Waals surface area contributed by atoms with Gasteiger partial charge in [-0.15, -0.1) is 0 Å². The first-order valence-corrected chi connectivity index (χ1v) is 21.9. The third-order valence-electron chi connectivity index (χ3n) is 10.1. The van der Waals surface area contributed by atoms with Crippen LogP contribution >= 0.6 is 0 Å².